The lowest BCUT2D eigenvalue weighted by molar-refractivity contribution is -0.157. The highest BCUT2D eigenvalue weighted by molar-refractivity contribution is 5.84. The zero-order chi connectivity index (χ0) is 18.7. The molecule has 6 nitrogen and oxygen atoms in total. The standard InChI is InChI=1S/C20H21NO5/c1-25-19(23)15-16(20(24)26-2)18(13-8-10-14(22)11-9-13)21-17(15)12-6-4-3-5-7-12/h3-11,15-18,21-22H,1-2H3/t15-,16-,17-,18+/m0/s1. The molecule has 0 unspecified atom stereocenters. The fourth-order valence-corrected chi connectivity index (χ4v) is 3.60. The Morgan fingerprint density at radius 1 is 0.808 bits per heavy atom. The molecule has 3 rings (SSSR count). The molecule has 0 aliphatic carbocycles. The lowest BCUT2D eigenvalue weighted by Gasteiger charge is -2.21. The molecule has 2 N–H and O–H groups in total. The molecule has 1 aliphatic rings. The van der Waals surface area contributed by atoms with E-state index in [1.807, 2.05) is 30.3 Å². The van der Waals surface area contributed by atoms with Crippen LogP contribution in [0.25, 0.3) is 0 Å². The van der Waals surface area contributed by atoms with Crippen LogP contribution >= 0.6 is 0 Å². The number of aromatic hydroxyl groups is 1. The zero-order valence-corrected chi connectivity index (χ0v) is 14.6. The molecule has 0 amide bonds. The Morgan fingerprint density at radius 3 is 1.73 bits per heavy atom. The van der Waals surface area contributed by atoms with Crippen molar-refractivity contribution >= 4 is 11.9 Å². The van der Waals surface area contributed by atoms with Gasteiger partial charge in [0.2, 0.25) is 0 Å². The molecule has 26 heavy (non-hydrogen) atoms. The largest absolute Gasteiger partial charge is 0.508 e. The summed E-state index contributed by atoms with van der Waals surface area (Å²) in [5.41, 5.74) is 1.67. The summed E-state index contributed by atoms with van der Waals surface area (Å²) in [5.74, 6) is -2.30. The highest BCUT2D eigenvalue weighted by Crippen LogP contribution is 2.45. The SMILES string of the molecule is COC(=O)[C@H]1[C@H](C(=O)OC)[C@H](c2ccccc2)N[C@@H]1c1ccc(O)cc1. The predicted molar refractivity (Wildman–Crippen MR) is 94.2 cm³/mol. The summed E-state index contributed by atoms with van der Waals surface area (Å²) in [6, 6.07) is 15.2. The van der Waals surface area contributed by atoms with E-state index in [-0.39, 0.29) is 5.75 Å². The van der Waals surface area contributed by atoms with Crippen molar-refractivity contribution in [3.8, 4) is 5.75 Å². The van der Waals surface area contributed by atoms with Crippen LogP contribution < -0.4 is 5.32 Å². The predicted octanol–water partition coefficient (Wildman–Crippen LogP) is 2.36. The lowest BCUT2D eigenvalue weighted by Crippen LogP contribution is -2.32. The second-order valence-electron chi connectivity index (χ2n) is 6.22. The molecule has 6 heteroatoms. The average molecular weight is 355 g/mol. The molecule has 2 aromatic rings. The van der Waals surface area contributed by atoms with Gasteiger partial charge in [0.15, 0.2) is 0 Å². The number of hydrogen-bond donors (Lipinski definition) is 2. The number of ether oxygens (including phenoxy) is 2. The molecular weight excluding hydrogens is 334 g/mol. The first-order valence-electron chi connectivity index (χ1n) is 8.32. The summed E-state index contributed by atoms with van der Waals surface area (Å²) in [6.45, 7) is 0. The van der Waals surface area contributed by atoms with E-state index in [0.717, 1.165) is 11.1 Å². The van der Waals surface area contributed by atoms with Crippen molar-refractivity contribution in [2.24, 2.45) is 11.8 Å². The molecule has 0 spiro atoms. The Morgan fingerprint density at radius 2 is 1.27 bits per heavy atom. The molecule has 0 radical (unpaired) electrons. The number of carbonyl (C=O) groups is 2. The Balaban J connectivity index is 2.07. The Labute approximate surface area is 151 Å². The van der Waals surface area contributed by atoms with Crippen molar-refractivity contribution in [2.75, 3.05) is 14.2 Å². The van der Waals surface area contributed by atoms with Crippen LogP contribution in [-0.2, 0) is 19.1 Å². The Hall–Kier alpha value is -2.86. The van der Waals surface area contributed by atoms with Crippen molar-refractivity contribution in [1.29, 1.82) is 0 Å². The molecule has 1 fully saturated rings. The van der Waals surface area contributed by atoms with Gasteiger partial charge < -0.3 is 19.9 Å². The van der Waals surface area contributed by atoms with E-state index in [1.165, 1.54) is 14.2 Å². The molecule has 2 aromatic carbocycles. The summed E-state index contributed by atoms with van der Waals surface area (Å²) >= 11 is 0. The highest BCUT2D eigenvalue weighted by atomic mass is 16.5. The van der Waals surface area contributed by atoms with Crippen molar-refractivity contribution < 1.29 is 24.2 Å². The van der Waals surface area contributed by atoms with Crippen LogP contribution in [0, 0.1) is 11.8 Å². The van der Waals surface area contributed by atoms with E-state index in [4.69, 9.17) is 9.47 Å². The second-order valence-corrected chi connectivity index (χ2v) is 6.22. The van der Waals surface area contributed by atoms with Crippen molar-refractivity contribution in [3.05, 3.63) is 65.7 Å². The molecule has 136 valence electrons. The van der Waals surface area contributed by atoms with Gasteiger partial charge in [-0.25, -0.2) is 0 Å². The van der Waals surface area contributed by atoms with Crippen LogP contribution in [0.3, 0.4) is 0 Å². The van der Waals surface area contributed by atoms with Crippen molar-refractivity contribution in [2.45, 2.75) is 12.1 Å². The van der Waals surface area contributed by atoms with Gasteiger partial charge in [-0.3, -0.25) is 9.59 Å². The van der Waals surface area contributed by atoms with Crippen LogP contribution in [0.5, 0.6) is 5.75 Å². The number of nitrogens with one attached hydrogen (secondary N) is 1. The van der Waals surface area contributed by atoms with Crippen molar-refractivity contribution in [1.82, 2.24) is 5.32 Å². The molecule has 1 aliphatic heterocycles. The fraction of sp³-hybridized carbons (Fsp3) is 0.300. The van der Waals surface area contributed by atoms with Crippen LogP contribution in [0.15, 0.2) is 54.6 Å². The fourth-order valence-electron chi connectivity index (χ4n) is 3.60. The maximum Gasteiger partial charge on any atom is 0.311 e. The second kappa shape index (κ2) is 7.58. The number of hydrogen-bond acceptors (Lipinski definition) is 6. The summed E-state index contributed by atoms with van der Waals surface area (Å²) in [6.07, 6.45) is 0. The molecule has 0 bridgehead atoms. The summed E-state index contributed by atoms with van der Waals surface area (Å²) < 4.78 is 9.97. The van der Waals surface area contributed by atoms with Gasteiger partial charge in [-0.1, -0.05) is 42.5 Å². The first kappa shape index (κ1) is 17.9. The van der Waals surface area contributed by atoms with Gasteiger partial charge in [-0.2, -0.15) is 0 Å². The summed E-state index contributed by atoms with van der Waals surface area (Å²) in [7, 11) is 2.62. The van der Waals surface area contributed by atoms with Gasteiger partial charge in [-0.15, -0.1) is 0 Å². The van der Waals surface area contributed by atoms with Gasteiger partial charge in [0.05, 0.1) is 26.1 Å². The molecule has 1 saturated heterocycles. The maximum absolute atomic E-state index is 12.6. The van der Waals surface area contributed by atoms with E-state index >= 15 is 0 Å². The number of benzene rings is 2. The van der Waals surface area contributed by atoms with E-state index in [9.17, 15) is 14.7 Å². The molecule has 1 heterocycles. The van der Waals surface area contributed by atoms with Gasteiger partial charge in [0.1, 0.15) is 5.75 Å². The lowest BCUT2D eigenvalue weighted by atomic mass is 9.82. The Kier molecular flexibility index (Phi) is 5.23. The highest BCUT2D eigenvalue weighted by Gasteiger charge is 2.52. The first-order valence-corrected chi connectivity index (χ1v) is 8.32. The molecule has 4 atom stereocenters. The topological polar surface area (TPSA) is 84.9 Å². The van der Waals surface area contributed by atoms with E-state index in [1.54, 1.807) is 24.3 Å². The van der Waals surface area contributed by atoms with Crippen LogP contribution in [0.4, 0.5) is 0 Å². The smallest absolute Gasteiger partial charge is 0.311 e. The number of carbonyl (C=O) groups excluding carboxylic acids is 2. The number of methoxy groups -OCH3 is 2. The number of rotatable bonds is 4. The monoisotopic (exact) mass is 355 g/mol. The molecular formula is C20H21NO5. The quantitative estimate of drug-likeness (QED) is 0.819. The number of phenols is 1. The average Bonchev–Trinajstić information content (AvgIpc) is 3.08. The minimum absolute atomic E-state index is 0.130. The van der Waals surface area contributed by atoms with Gasteiger partial charge >= 0.3 is 11.9 Å². The van der Waals surface area contributed by atoms with E-state index < -0.39 is 35.9 Å². The zero-order valence-electron chi connectivity index (χ0n) is 14.6. The maximum atomic E-state index is 12.6. The van der Waals surface area contributed by atoms with Crippen LogP contribution in [0.1, 0.15) is 23.2 Å². The molecule has 0 saturated carbocycles. The minimum atomic E-state index is -0.748. The summed E-state index contributed by atoms with van der Waals surface area (Å²) in [4.78, 5) is 25.1. The molecule has 0 aromatic heterocycles. The normalized spacial score (nSPS) is 24.8. The third-order valence-corrected chi connectivity index (χ3v) is 4.82. The van der Waals surface area contributed by atoms with E-state index in [0.29, 0.717) is 0 Å². The first-order chi connectivity index (χ1) is 12.6. The number of phenolic OH excluding ortho intramolecular Hbond substituents is 1. The number of esters is 2. The van der Waals surface area contributed by atoms with Crippen LogP contribution in [-0.4, -0.2) is 31.3 Å². The van der Waals surface area contributed by atoms with Crippen molar-refractivity contribution in [3.63, 3.8) is 0 Å². The van der Waals surface area contributed by atoms with E-state index in [2.05, 4.69) is 5.32 Å². The summed E-state index contributed by atoms with van der Waals surface area (Å²) in [5, 5.41) is 12.9. The Bertz CT molecular complexity index is 775. The third-order valence-electron chi connectivity index (χ3n) is 4.82. The minimum Gasteiger partial charge on any atom is -0.508 e. The van der Waals surface area contributed by atoms with Gasteiger partial charge in [-0.05, 0) is 23.3 Å². The van der Waals surface area contributed by atoms with Gasteiger partial charge in [0.25, 0.3) is 0 Å². The third kappa shape index (κ3) is 3.28. The van der Waals surface area contributed by atoms with Gasteiger partial charge in [0, 0.05) is 12.1 Å². The van der Waals surface area contributed by atoms with Crippen LogP contribution in [0.2, 0.25) is 0 Å².